The van der Waals surface area contributed by atoms with Crippen LogP contribution in [-0.4, -0.2) is 20.4 Å². The molecule has 1 amide bonds. The van der Waals surface area contributed by atoms with Crippen LogP contribution in [-0.2, 0) is 30.4 Å². The lowest BCUT2D eigenvalue weighted by atomic mass is 10.1. The number of fused-ring (bicyclic) bond motifs is 3. The molecule has 0 spiro atoms. The van der Waals surface area contributed by atoms with E-state index in [0.717, 1.165) is 46.4 Å². The minimum absolute atomic E-state index is 0.0402. The summed E-state index contributed by atoms with van der Waals surface area (Å²) in [6, 6.07) is 5.99. The quantitative estimate of drug-likeness (QED) is 0.268. The number of carbonyl (C=O) groups is 1. The molecule has 5 rings (SSSR count). The molecule has 0 unspecified atom stereocenters. The van der Waals surface area contributed by atoms with E-state index < -0.39 is 0 Å². The van der Waals surface area contributed by atoms with Crippen LogP contribution in [0.4, 0.5) is 10.8 Å². The fraction of sp³-hybridized carbons (Fsp3) is 0.333. The van der Waals surface area contributed by atoms with Crippen molar-refractivity contribution in [3.05, 3.63) is 61.2 Å². The van der Waals surface area contributed by atoms with Crippen molar-refractivity contribution in [1.82, 2.24) is 14.5 Å². The highest BCUT2D eigenvalue weighted by atomic mass is 32.2. The Morgan fingerprint density at radius 1 is 1.21 bits per heavy atom. The summed E-state index contributed by atoms with van der Waals surface area (Å²) < 4.78 is 1.66. The number of aryl methyl sites for hydroxylation is 4. The van der Waals surface area contributed by atoms with Gasteiger partial charge in [0.2, 0.25) is 5.91 Å². The Hall–Kier alpha value is -2.49. The molecule has 4 aromatic rings. The fourth-order valence-electron chi connectivity index (χ4n) is 4.13. The Labute approximate surface area is 204 Å². The lowest BCUT2D eigenvalue weighted by Gasteiger charge is -2.19. The van der Waals surface area contributed by atoms with Crippen LogP contribution in [0.2, 0.25) is 0 Å². The number of thiazole rings is 1. The summed E-state index contributed by atoms with van der Waals surface area (Å²) in [6.45, 7) is 5.65. The molecule has 3 heterocycles. The van der Waals surface area contributed by atoms with Gasteiger partial charge >= 0.3 is 0 Å². The van der Waals surface area contributed by atoms with Crippen LogP contribution in [0, 0.1) is 13.8 Å². The number of amides is 1. The van der Waals surface area contributed by atoms with Crippen molar-refractivity contribution in [2.24, 2.45) is 7.05 Å². The van der Waals surface area contributed by atoms with Crippen molar-refractivity contribution in [3.63, 3.8) is 0 Å². The first-order valence-corrected chi connectivity index (χ1v) is 13.5. The number of carbonyl (C=O) groups excluding carboxylic acids is 1. The van der Waals surface area contributed by atoms with Gasteiger partial charge in [0.05, 0.1) is 16.8 Å². The highest BCUT2D eigenvalue weighted by molar-refractivity contribution is 7.98. The lowest BCUT2D eigenvalue weighted by Crippen LogP contribution is -2.22. The standard InChI is InChI=1S/C24H24N4O2S3/c1-13-8-9-17(10-14(13)2)28(15(3)29)24-25-16(12-32-24)11-31-23-26-21-20(22(30)27(23)4)18-6-5-7-19(18)33-21/h8-10,12H,5-7,11H2,1-4H3. The summed E-state index contributed by atoms with van der Waals surface area (Å²) in [7, 11) is 1.79. The van der Waals surface area contributed by atoms with Crippen LogP contribution >= 0.6 is 34.4 Å². The van der Waals surface area contributed by atoms with E-state index in [4.69, 9.17) is 9.97 Å². The van der Waals surface area contributed by atoms with E-state index in [1.807, 2.05) is 30.5 Å². The molecule has 0 saturated carbocycles. The first-order chi connectivity index (χ1) is 15.8. The van der Waals surface area contributed by atoms with E-state index >= 15 is 0 Å². The first kappa shape index (κ1) is 22.3. The zero-order valence-electron chi connectivity index (χ0n) is 19.0. The molecule has 0 saturated heterocycles. The minimum Gasteiger partial charge on any atom is -0.290 e. The lowest BCUT2D eigenvalue weighted by molar-refractivity contribution is -0.115. The third-order valence-corrected chi connectivity index (χ3v) is 9.17. The van der Waals surface area contributed by atoms with Gasteiger partial charge in [-0.25, -0.2) is 9.97 Å². The molecular weight excluding hydrogens is 472 g/mol. The summed E-state index contributed by atoms with van der Waals surface area (Å²) >= 11 is 4.61. The molecule has 0 radical (unpaired) electrons. The third-order valence-electron chi connectivity index (χ3n) is 6.05. The molecule has 0 N–H and O–H groups in total. The molecule has 0 atom stereocenters. The largest absolute Gasteiger partial charge is 0.290 e. The zero-order chi connectivity index (χ0) is 23.3. The molecule has 1 aliphatic rings. The maximum atomic E-state index is 13.0. The van der Waals surface area contributed by atoms with E-state index in [0.29, 0.717) is 16.0 Å². The topological polar surface area (TPSA) is 68.1 Å². The van der Waals surface area contributed by atoms with Gasteiger partial charge in [0.1, 0.15) is 4.83 Å². The maximum absolute atomic E-state index is 13.0. The second-order valence-electron chi connectivity index (χ2n) is 8.33. The van der Waals surface area contributed by atoms with Gasteiger partial charge in [0.15, 0.2) is 10.3 Å². The molecule has 0 fully saturated rings. The van der Waals surface area contributed by atoms with Crippen LogP contribution < -0.4 is 10.5 Å². The smallest absolute Gasteiger partial charge is 0.262 e. The van der Waals surface area contributed by atoms with E-state index in [1.54, 1.807) is 34.8 Å². The SMILES string of the molecule is CC(=O)N(c1ccc(C)c(C)c1)c1nc(CSc2nc3sc4c(c3c(=O)n2C)CCC4)cs1. The van der Waals surface area contributed by atoms with E-state index in [-0.39, 0.29) is 11.5 Å². The molecule has 33 heavy (non-hydrogen) atoms. The number of aromatic nitrogens is 3. The molecule has 0 bridgehead atoms. The Morgan fingerprint density at radius 2 is 2.03 bits per heavy atom. The Kier molecular flexibility index (Phi) is 5.88. The summed E-state index contributed by atoms with van der Waals surface area (Å²) in [6.07, 6.45) is 3.16. The summed E-state index contributed by atoms with van der Waals surface area (Å²) in [4.78, 5) is 38.8. The second kappa shape index (κ2) is 8.70. The van der Waals surface area contributed by atoms with Crippen molar-refractivity contribution < 1.29 is 4.79 Å². The van der Waals surface area contributed by atoms with Gasteiger partial charge in [-0.1, -0.05) is 17.8 Å². The predicted molar refractivity (Wildman–Crippen MR) is 137 cm³/mol. The van der Waals surface area contributed by atoms with Gasteiger partial charge < -0.3 is 0 Å². The van der Waals surface area contributed by atoms with Gasteiger partial charge in [0, 0.05) is 30.0 Å². The zero-order valence-corrected chi connectivity index (χ0v) is 21.4. The number of thioether (sulfide) groups is 1. The van der Waals surface area contributed by atoms with Crippen LogP contribution in [0.15, 0.2) is 33.5 Å². The number of hydrogen-bond donors (Lipinski definition) is 0. The van der Waals surface area contributed by atoms with Crippen molar-refractivity contribution >= 4 is 61.4 Å². The van der Waals surface area contributed by atoms with Crippen LogP contribution in [0.5, 0.6) is 0 Å². The molecular formula is C24H24N4O2S3. The number of hydrogen-bond acceptors (Lipinski definition) is 7. The van der Waals surface area contributed by atoms with Gasteiger partial charge in [-0.15, -0.1) is 22.7 Å². The van der Waals surface area contributed by atoms with E-state index in [9.17, 15) is 9.59 Å². The number of anilines is 2. The van der Waals surface area contributed by atoms with Gasteiger partial charge in [-0.2, -0.15) is 0 Å². The molecule has 6 nitrogen and oxygen atoms in total. The monoisotopic (exact) mass is 496 g/mol. The second-order valence-corrected chi connectivity index (χ2v) is 11.2. The highest BCUT2D eigenvalue weighted by Crippen LogP contribution is 2.36. The molecule has 0 aliphatic heterocycles. The Balaban J connectivity index is 1.39. The first-order valence-electron chi connectivity index (χ1n) is 10.8. The number of thiophene rings is 1. The van der Waals surface area contributed by atoms with Gasteiger partial charge in [-0.05, 0) is 61.9 Å². The highest BCUT2D eigenvalue weighted by Gasteiger charge is 2.23. The van der Waals surface area contributed by atoms with Gasteiger partial charge in [-0.3, -0.25) is 19.1 Å². The third kappa shape index (κ3) is 4.02. The average molecular weight is 497 g/mol. The molecule has 170 valence electrons. The Morgan fingerprint density at radius 3 is 2.79 bits per heavy atom. The average Bonchev–Trinajstić information content (AvgIpc) is 3.48. The fourth-order valence-corrected chi connectivity index (χ4v) is 7.29. The molecule has 3 aromatic heterocycles. The number of nitrogens with zero attached hydrogens (tertiary/aromatic N) is 4. The number of rotatable bonds is 5. The van der Waals surface area contributed by atoms with Crippen LogP contribution in [0.3, 0.4) is 0 Å². The van der Waals surface area contributed by atoms with Crippen molar-refractivity contribution in [2.75, 3.05) is 4.90 Å². The number of benzene rings is 1. The molecule has 9 heteroatoms. The molecule has 1 aliphatic carbocycles. The Bertz CT molecular complexity index is 1450. The predicted octanol–water partition coefficient (Wildman–Crippen LogP) is 5.53. The summed E-state index contributed by atoms with van der Waals surface area (Å²) in [5.74, 6) is 0.499. The molecule has 1 aromatic carbocycles. The van der Waals surface area contributed by atoms with E-state index in [1.165, 1.54) is 39.1 Å². The maximum Gasteiger partial charge on any atom is 0.262 e. The van der Waals surface area contributed by atoms with Crippen molar-refractivity contribution in [3.8, 4) is 0 Å². The van der Waals surface area contributed by atoms with Gasteiger partial charge in [0.25, 0.3) is 5.56 Å². The van der Waals surface area contributed by atoms with E-state index in [2.05, 4.69) is 6.92 Å². The van der Waals surface area contributed by atoms with Crippen LogP contribution in [0.1, 0.15) is 40.6 Å². The van der Waals surface area contributed by atoms with Crippen molar-refractivity contribution in [1.29, 1.82) is 0 Å². The van der Waals surface area contributed by atoms with Crippen molar-refractivity contribution in [2.45, 2.75) is 50.9 Å². The summed E-state index contributed by atoms with van der Waals surface area (Å²) in [5.41, 5.74) is 5.24. The minimum atomic E-state index is -0.0768. The summed E-state index contributed by atoms with van der Waals surface area (Å²) in [5, 5.41) is 4.11. The van der Waals surface area contributed by atoms with Crippen LogP contribution in [0.25, 0.3) is 10.2 Å². The normalized spacial score (nSPS) is 13.0.